The fourth-order valence-electron chi connectivity index (χ4n) is 0. The van der Waals surface area contributed by atoms with E-state index in [2.05, 4.69) is 0 Å². The SMILES string of the molecule is [O]=[AlH].[O]=[Ti]. The van der Waals surface area contributed by atoms with E-state index in [1.54, 1.807) is 0 Å². The van der Waals surface area contributed by atoms with Gasteiger partial charge in [-0.2, -0.15) is 0 Å². The van der Waals surface area contributed by atoms with Crippen LogP contribution in [0.2, 0.25) is 0 Å². The van der Waals surface area contributed by atoms with Crippen LogP contribution in [-0.2, 0) is 27.5 Å². The van der Waals surface area contributed by atoms with Crippen LogP contribution in [0.5, 0.6) is 0 Å². The molecule has 0 heterocycles. The standard InChI is InChI=1S/Al.2O.Ti.H. The molecule has 20 valence electrons. The number of hydrogen-bond acceptors (Lipinski definition) is 2. The van der Waals surface area contributed by atoms with Crippen molar-refractivity contribution in [2.75, 3.05) is 0 Å². The second kappa shape index (κ2) is 43.5. The normalized spacial score (nSPS) is 1.50. The first-order valence-corrected chi connectivity index (χ1v) is 1.71. The summed E-state index contributed by atoms with van der Waals surface area (Å²) in [5.41, 5.74) is 0. The fourth-order valence-corrected chi connectivity index (χ4v) is 0. The van der Waals surface area contributed by atoms with E-state index in [0.29, 0.717) is 16.2 Å². The molecule has 4 heavy (non-hydrogen) atoms. The van der Waals surface area contributed by atoms with E-state index in [1.165, 1.54) is 0 Å². The monoisotopic (exact) mass is 108 g/mol. The predicted octanol–water partition coefficient (Wildman–Crippen LogP) is -0.889. The molecule has 0 unspecified atom stereocenters. The van der Waals surface area contributed by atoms with Gasteiger partial charge in [-0.05, 0) is 0 Å². The van der Waals surface area contributed by atoms with Crippen molar-refractivity contribution in [2.24, 2.45) is 0 Å². The molecule has 0 aromatic rings. The van der Waals surface area contributed by atoms with E-state index in [4.69, 9.17) is 7.13 Å². The van der Waals surface area contributed by atoms with Gasteiger partial charge in [0.25, 0.3) is 0 Å². The van der Waals surface area contributed by atoms with Crippen LogP contribution in [0.3, 0.4) is 0 Å². The molecule has 0 bridgehead atoms. The summed E-state index contributed by atoms with van der Waals surface area (Å²) in [6, 6.07) is 0. The maximum absolute atomic E-state index is 8.28. The van der Waals surface area contributed by atoms with Crippen molar-refractivity contribution >= 4 is 16.2 Å². The van der Waals surface area contributed by atoms with Gasteiger partial charge < -0.3 is 0 Å². The summed E-state index contributed by atoms with van der Waals surface area (Å²) in [7, 11) is 0. The first-order chi connectivity index (χ1) is 2.00. The van der Waals surface area contributed by atoms with Crippen LogP contribution in [0, 0.1) is 0 Å². The van der Waals surface area contributed by atoms with Gasteiger partial charge in [-0.1, -0.05) is 0 Å². The van der Waals surface area contributed by atoms with E-state index in [1.807, 2.05) is 0 Å². The molecule has 2 nitrogen and oxygen atoms in total. The number of rotatable bonds is 0. The van der Waals surface area contributed by atoms with Gasteiger partial charge in [0.15, 0.2) is 0 Å². The first kappa shape index (κ1) is 8.85. The van der Waals surface area contributed by atoms with Gasteiger partial charge in [-0.25, -0.2) is 0 Å². The van der Waals surface area contributed by atoms with Gasteiger partial charge in [-0.3, -0.25) is 0 Å². The molecular formula is HAlO2Ti. The van der Waals surface area contributed by atoms with Crippen LogP contribution >= 0.6 is 0 Å². The minimum atomic E-state index is 0.611. The summed E-state index contributed by atoms with van der Waals surface area (Å²) in [5.74, 6) is 0. The zero-order chi connectivity index (χ0) is 4.00. The third-order valence-electron chi connectivity index (χ3n) is 0. The summed E-state index contributed by atoms with van der Waals surface area (Å²) in [6.07, 6.45) is 0. The predicted molar refractivity (Wildman–Crippen MR) is 8.52 cm³/mol. The second-order valence-electron chi connectivity index (χ2n) is 0. The molecule has 0 aromatic heterocycles. The van der Waals surface area contributed by atoms with Crippen molar-refractivity contribution in [1.82, 2.24) is 0 Å². The van der Waals surface area contributed by atoms with Crippen LogP contribution in [0.4, 0.5) is 0 Å². The summed E-state index contributed by atoms with van der Waals surface area (Å²) in [4.78, 5) is 0. The molecule has 0 saturated carbocycles. The van der Waals surface area contributed by atoms with Gasteiger partial charge in [0.2, 0.25) is 0 Å². The van der Waals surface area contributed by atoms with Crippen molar-refractivity contribution in [1.29, 1.82) is 0 Å². The number of hydrogen-bond donors (Lipinski definition) is 0. The molecule has 0 rings (SSSR count). The van der Waals surface area contributed by atoms with E-state index < -0.39 is 0 Å². The van der Waals surface area contributed by atoms with Crippen LogP contribution in [-0.4, -0.2) is 16.2 Å². The average molecular weight is 108 g/mol. The maximum atomic E-state index is 8.28. The molecule has 0 saturated heterocycles. The fraction of sp³-hybridized carbons (Fsp3) is 0. The summed E-state index contributed by atoms with van der Waals surface area (Å²) >= 11 is 1.36. The van der Waals surface area contributed by atoms with E-state index in [0.717, 1.165) is 20.4 Å². The van der Waals surface area contributed by atoms with Gasteiger partial charge >= 0.3 is 43.8 Å². The Bertz CT molecular complexity index is 8.00. The van der Waals surface area contributed by atoms with Gasteiger partial charge in [0.05, 0.1) is 0 Å². The third-order valence-corrected chi connectivity index (χ3v) is 0. The Morgan fingerprint density at radius 1 is 1.25 bits per heavy atom. The molecule has 0 aliphatic rings. The molecule has 0 radical (unpaired) electrons. The summed E-state index contributed by atoms with van der Waals surface area (Å²) in [5, 5.41) is 0. The Balaban J connectivity index is 0. The molecule has 0 aromatic carbocycles. The Labute approximate surface area is 43.9 Å². The minimum absolute atomic E-state index is 0.611. The van der Waals surface area contributed by atoms with Crippen molar-refractivity contribution in [3.63, 3.8) is 0 Å². The third kappa shape index (κ3) is 13.5. The van der Waals surface area contributed by atoms with Crippen molar-refractivity contribution in [3.8, 4) is 0 Å². The molecule has 0 atom stereocenters. The quantitative estimate of drug-likeness (QED) is 0.377. The van der Waals surface area contributed by atoms with Crippen LogP contribution in [0.15, 0.2) is 0 Å². The van der Waals surface area contributed by atoms with Crippen molar-refractivity contribution < 1.29 is 27.5 Å². The zero-order valence-electron chi connectivity index (χ0n) is 2.02. The van der Waals surface area contributed by atoms with Gasteiger partial charge in [-0.15, -0.1) is 0 Å². The van der Waals surface area contributed by atoms with E-state index in [-0.39, 0.29) is 0 Å². The second-order valence-corrected chi connectivity index (χ2v) is 0. The van der Waals surface area contributed by atoms with Gasteiger partial charge in [0.1, 0.15) is 0 Å². The average Bonchev–Trinajstić information content (AvgIpc) is 1.50. The van der Waals surface area contributed by atoms with Crippen LogP contribution in [0.1, 0.15) is 0 Å². The molecule has 4 heteroatoms. The topological polar surface area (TPSA) is 34.1 Å². The Morgan fingerprint density at radius 3 is 1.25 bits per heavy atom. The molecular weight excluding hydrogens is 107 g/mol. The Morgan fingerprint density at radius 2 is 1.25 bits per heavy atom. The van der Waals surface area contributed by atoms with Crippen molar-refractivity contribution in [3.05, 3.63) is 0 Å². The Kier molecular flexibility index (Phi) is 96.2. The van der Waals surface area contributed by atoms with Crippen LogP contribution < -0.4 is 0 Å². The zero-order valence-corrected chi connectivity index (χ0v) is 5.00. The molecule has 0 N–H and O–H groups in total. The molecule has 0 amide bonds. The van der Waals surface area contributed by atoms with Crippen molar-refractivity contribution in [2.45, 2.75) is 0 Å². The van der Waals surface area contributed by atoms with E-state index >= 15 is 0 Å². The molecule has 0 aliphatic heterocycles. The molecule has 0 spiro atoms. The molecule has 0 fully saturated rings. The Hall–Kier alpha value is 0.847. The summed E-state index contributed by atoms with van der Waals surface area (Å²) in [6.45, 7) is 0. The van der Waals surface area contributed by atoms with Gasteiger partial charge in [0, 0.05) is 0 Å². The van der Waals surface area contributed by atoms with Crippen LogP contribution in [0.25, 0.3) is 0 Å². The molecule has 0 aliphatic carbocycles. The first-order valence-electron chi connectivity index (χ1n) is 0.493. The summed E-state index contributed by atoms with van der Waals surface area (Å²) < 4.78 is 16.5. The van der Waals surface area contributed by atoms with E-state index in [9.17, 15) is 0 Å².